The fourth-order valence-corrected chi connectivity index (χ4v) is 12.1. The number of benzene rings is 8. The largest absolute Gasteiger partial charge is 0.456 e. The maximum Gasteiger partial charge on any atom is 0.136 e. The zero-order chi connectivity index (χ0) is 36.9. The molecule has 0 spiro atoms. The third-order valence-electron chi connectivity index (χ3n) is 13.1. The van der Waals surface area contributed by atoms with Crippen molar-refractivity contribution in [1.29, 1.82) is 0 Å². The van der Waals surface area contributed by atoms with Crippen molar-refractivity contribution in [2.24, 2.45) is 0 Å². The maximum absolute atomic E-state index is 6.79. The van der Waals surface area contributed by atoms with Gasteiger partial charge in [0.2, 0.25) is 0 Å². The number of aromatic nitrogens is 1. The summed E-state index contributed by atoms with van der Waals surface area (Å²) in [5, 5.41) is 10.1. The van der Waals surface area contributed by atoms with Gasteiger partial charge in [-0.3, -0.25) is 0 Å². The number of furan rings is 1. The number of nitrogens with zero attached hydrogens (tertiary/aromatic N) is 1. The van der Waals surface area contributed by atoms with Gasteiger partial charge in [0.05, 0.1) is 11.0 Å². The second-order valence-electron chi connectivity index (χ2n) is 16.3. The van der Waals surface area contributed by atoms with Crippen molar-refractivity contribution >= 4 is 78.2 Å². The Morgan fingerprint density at radius 1 is 0.607 bits per heavy atom. The van der Waals surface area contributed by atoms with E-state index < -0.39 is 0 Å². The third kappa shape index (κ3) is 3.98. The Balaban J connectivity index is 1.19. The molecule has 0 radical (unpaired) electrons. The number of hydrogen-bond acceptors (Lipinski definition) is 2. The van der Waals surface area contributed by atoms with Gasteiger partial charge in [-0.25, -0.2) is 0 Å². The van der Waals surface area contributed by atoms with Crippen LogP contribution in [0.4, 0.5) is 0 Å². The Hall–Kier alpha value is -6.29. The molecule has 0 N–H and O–H groups in total. The third-order valence-corrected chi connectivity index (χ3v) is 14.4. The minimum Gasteiger partial charge on any atom is -0.456 e. The summed E-state index contributed by atoms with van der Waals surface area (Å²) < 4.78 is 9.32. The maximum atomic E-state index is 6.79. The summed E-state index contributed by atoms with van der Waals surface area (Å²) in [4.78, 5) is 1.33. The van der Waals surface area contributed by atoms with E-state index in [1.54, 1.807) is 0 Å². The number of thioether (sulfide) groups is 1. The van der Waals surface area contributed by atoms with Crippen LogP contribution in [0.25, 0.3) is 94.4 Å². The molecular weight excluding hydrogens is 699 g/mol. The van der Waals surface area contributed by atoms with E-state index in [-0.39, 0.29) is 16.6 Å². The number of para-hydroxylation sites is 1. The van der Waals surface area contributed by atoms with E-state index in [4.69, 9.17) is 4.42 Å². The molecule has 2 nitrogen and oxygen atoms in total. The lowest BCUT2D eigenvalue weighted by Gasteiger charge is -2.28. The van der Waals surface area contributed by atoms with Crippen LogP contribution < -0.4 is 10.6 Å². The van der Waals surface area contributed by atoms with E-state index in [9.17, 15) is 0 Å². The molecule has 0 bridgehead atoms. The van der Waals surface area contributed by atoms with Gasteiger partial charge in [0.15, 0.2) is 0 Å². The minimum absolute atomic E-state index is 0.118. The van der Waals surface area contributed by atoms with Crippen molar-refractivity contribution in [2.75, 3.05) is 0 Å². The second-order valence-corrected chi connectivity index (χ2v) is 17.5. The SMILES string of the molecule is CC1(C)c2ccccc2-c2ccc3c(c21)-c1ccc2c4c5ccccc5ccc4n(-c4ccccc4)c2c1SC1C=c2oc4cc5ccccc5cc4c2=CC31. The van der Waals surface area contributed by atoms with Crippen molar-refractivity contribution < 1.29 is 4.42 Å². The molecule has 2 unspecified atom stereocenters. The summed E-state index contributed by atoms with van der Waals surface area (Å²) in [6, 6.07) is 56.4. The summed E-state index contributed by atoms with van der Waals surface area (Å²) in [6.45, 7) is 4.87. The summed E-state index contributed by atoms with van der Waals surface area (Å²) >= 11 is 2.02. The first kappa shape index (κ1) is 31.0. The van der Waals surface area contributed by atoms with Gasteiger partial charge in [-0.15, -0.1) is 11.8 Å². The Labute approximate surface area is 328 Å². The van der Waals surface area contributed by atoms with Crippen molar-refractivity contribution in [3.05, 3.63) is 179 Å². The molecule has 0 amide bonds. The van der Waals surface area contributed by atoms with E-state index >= 15 is 0 Å². The molecule has 3 aliphatic rings. The van der Waals surface area contributed by atoms with E-state index in [0.29, 0.717) is 0 Å². The summed E-state index contributed by atoms with van der Waals surface area (Å²) in [7, 11) is 0. The smallest absolute Gasteiger partial charge is 0.136 e. The van der Waals surface area contributed by atoms with Crippen LogP contribution in [-0.2, 0) is 5.41 Å². The fourth-order valence-electron chi connectivity index (χ4n) is 10.6. The van der Waals surface area contributed by atoms with Crippen LogP contribution in [0, 0.1) is 0 Å². The Morgan fingerprint density at radius 3 is 2.23 bits per heavy atom. The molecular formula is C53H35NOS. The van der Waals surface area contributed by atoms with Crippen molar-refractivity contribution in [3.63, 3.8) is 0 Å². The summed E-state index contributed by atoms with van der Waals surface area (Å²) in [5.41, 5.74) is 15.1. The van der Waals surface area contributed by atoms with E-state index in [2.05, 4.69) is 182 Å². The zero-order valence-electron chi connectivity index (χ0n) is 31.0. The van der Waals surface area contributed by atoms with Gasteiger partial charge >= 0.3 is 0 Å². The van der Waals surface area contributed by atoms with Gasteiger partial charge in [0.1, 0.15) is 11.0 Å². The molecule has 0 saturated heterocycles. The lowest BCUT2D eigenvalue weighted by Crippen LogP contribution is -2.31. The highest BCUT2D eigenvalue weighted by molar-refractivity contribution is 8.00. The lowest BCUT2D eigenvalue weighted by molar-refractivity contribution is 0.571. The first-order valence-electron chi connectivity index (χ1n) is 19.7. The number of hydrogen-bond donors (Lipinski definition) is 0. The van der Waals surface area contributed by atoms with Crippen LogP contribution in [0.15, 0.2) is 161 Å². The van der Waals surface area contributed by atoms with Crippen LogP contribution in [0.2, 0.25) is 0 Å². The van der Waals surface area contributed by atoms with Crippen molar-refractivity contribution in [1.82, 2.24) is 4.57 Å². The van der Waals surface area contributed by atoms with Gasteiger partial charge in [0.25, 0.3) is 0 Å². The second kappa shape index (κ2) is 10.9. The van der Waals surface area contributed by atoms with Gasteiger partial charge < -0.3 is 8.98 Å². The lowest BCUT2D eigenvalue weighted by atomic mass is 9.75. The highest BCUT2D eigenvalue weighted by Crippen LogP contribution is 2.59. The highest BCUT2D eigenvalue weighted by atomic mass is 32.2. The van der Waals surface area contributed by atoms with Gasteiger partial charge in [-0.1, -0.05) is 141 Å². The van der Waals surface area contributed by atoms with Crippen LogP contribution in [0.3, 0.4) is 0 Å². The molecule has 8 aromatic carbocycles. The number of fused-ring (bicyclic) bond motifs is 19. The Kier molecular flexibility index (Phi) is 6.05. The monoisotopic (exact) mass is 733 g/mol. The van der Waals surface area contributed by atoms with Crippen LogP contribution >= 0.6 is 11.8 Å². The Bertz CT molecular complexity index is 3490. The molecule has 1 aliphatic heterocycles. The fraction of sp³-hybridized carbons (Fsp3) is 0.0943. The van der Waals surface area contributed by atoms with Crippen molar-refractivity contribution in [3.8, 4) is 27.9 Å². The molecule has 0 fully saturated rings. The molecule has 2 aliphatic carbocycles. The highest BCUT2D eigenvalue weighted by Gasteiger charge is 2.42. The Morgan fingerprint density at radius 2 is 1.36 bits per heavy atom. The minimum atomic E-state index is -0.179. The number of rotatable bonds is 1. The summed E-state index contributed by atoms with van der Waals surface area (Å²) in [6.07, 6.45) is 4.97. The van der Waals surface area contributed by atoms with Gasteiger partial charge in [-0.2, -0.15) is 0 Å². The molecule has 264 valence electrons. The van der Waals surface area contributed by atoms with E-state index in [0.717, 1.165) is 11.0 Å². The van der Waals surface area contributed by atoms with Crippen LogP contribution in [0.1, 0.15) is 36.5 Å². The molecule has 3 heteroatoms. The normalized spacial score (nSPS) is 17.5. The predicted molar refractivity (Wildman–Crippen MR) is 236 cm³/mol. The average molecular weight is 734 g/mol. The van der Waals surface area contributed by atoms with Crippen LogP contribution in [-0.4, -0.2) is 9.82 Å². The topological polar surface area (TPSA) is 18.1 Å². The molecule has 2 aromatic heterocycles. The van der Waals surface area contributed by atoms with Gasteiger partial charge in [0, 0.05) is 48.5 Å². The molecule has 13 rings (SSSR count). The first-order chi connectivity index (χ1) is 27.5. The van der Waals surface area contributed by atoms with Gasteiger partial charge in [-0.05, 0) is 96.9 Å². The molecule has 0 saturated carbocycles. The molecule has 2 atom stereocenters. The molecule has 56 heavy (non-hydrogen) atoms. The van der Waals surface area contributed by atoms with E-state index in [1.165, 1.54) is 103 Å². The summed E-state index contributed by atoms with van der Waals surface area (Å²) in [5.74, 6) is 0.136. The standard InChI is InChI=1S/C53H35NOS/c1-53(2)43-19-11-10-18-35(43)37-22-21-36-42-28-41-40-26-31-13-6-7-14-32(31)27-45(40)55-46(41)29-47(42)56-52-39(49(36)50(37)53)24-23-38-48-34-17-9-8-12-30(34)20-25-44(48)54(51(38)52)33-15-4-3-5-16-33/h3-29,42,47H,1-2H3. The molecule has 10 aromatic rings. The predicted octanol–water partition coefficient (Wildman–Crippen LogP) is 12.6. The quantitative estimate of drug-likeness (QED) is 0.167. The first-order valence-corrected chi connectivity index (χ1v) is 20.5. The average Bonchev–Trinajstić information content (AvgIpc) is 3.81. The van der Waals surface area contributed by atoms with E-state index in [1.807, 2.05) is 11.8 Å². The zero-order valence-corrected chi connectivity index (χ0v) is 31.8. The molecule has 3 heterocycles. The van der Waals surface area contributed by atoms with Crippen molar-refractivity contribution in [2.45, 2.75) is 35.3 Å². The van der Waals surface area contributed by atoms with Crippen LogP contribution in [0.5, 0.6) is 0 Å².